The van der Waals surface area contributed by atoms with Crippen LogP contribution in [-0.4, -0.2) is 50.3 Å². The van der Waals surface area contributed by atoms with Gasteiger partial charge in [-0.15, -0.1) is 0 Å². The van der Waals surface area contributed by atoms with Crippen molar-refractivity contribution < 1.29 is 4.74 Å². The van der Waals surface area contributed by atoms with Crippen LogP contribution in [-0.2, 0) is 4.74 Å². The molecule has 2 rings (SSSR count). The van der Waals surface area contributed by atoms with E-state index in [1.165, 1.54) is 71.2 Å². The average Bonchev–Trinajstić information content (AvgIpc) is 2.42. The van der Waals surface area contributed by atoms with Gasteiger partial charge >= 0.3 is 0 Å². The van der Waals surface area contributed by atoms with E-state index in [1.54, 1.807) is 0 Å². The zero-order valence-electron chi connectivity index (χ0n) is 12.0. The quantitative estimate of drug-likeness (QED) is 0.787. The Kier molecular flexibility index (Phi) is 6.46. The third kappa shape index (κ3) is 4.87. The van der Waals surface area contributed by atoms with Crippen LogP contribution in [0, 0.1) is 5.92 Å². The second-order valence-corrected chi connectivity index (χ2v) is 5.83. The Bertz CT molecular complexity index is 209. The molecule has 0 aromatic heterocycles. The smallest absolute Gasteiger partial charge is 0.0599 e. The maximum absolute atomic E-state index is 5.70. The number of ether oxygens (including phenoxy) is 1. The summed E-state index contributed by atoms with van der Waals surface area (Å²) in [4.78, 5) is 2.64. The molecule has 0 unspecified atom stereocenters. The first kappa shape index (κ1) is 14.3. The van der Waals surface area contributed by atoms with Gasteiger partial charge in [-0.05, 0) is 71.0 Å². The fourth-order valence-electron chi connectivity index (χ4n) is 3.31. The Morgan fingerprint density at radius 3 is 2.50 bits per heavy atom. The zero-order chi connectivity index (χ0) is 12.6. The second kappa shape index (κ2) is 8.13. The van der Waals surface area contributed by atoms with E-state index in [9.17, 15) is 0 Å². The summed E-state index contributed by atoms with van der Waals surface area (Å²) in [6, 6.07) is 0. The third-order valence-electron chi connectivity index (χ3n) is 4.48. The molecule has 0 spiro atoms. The normalized spacial score (nSPS) is 24.5. The van der Waals surface area contributed by atoms with Gasteiger partial charge in [-0.1, -0.05) is 0 Å². The summed E-state index contributed by atoms with van der Waals surface area (Å²) in [5, 5.41) is 3.45. The van der Waals surface area contributed by atoms with Crippen LogP contribution in [0.5, 0.6) is 0 Å². The van der Waals surface area contributed by atoms with Gasteiger partial charge < -0.3 is 15.0 Å². The van der Waals surface area contributed by atoms with Gasteiger partial charge in [0.2, 0.25) is 0 Å². The van der Waals surface area contributed by atoms with Gasteiger partial charge in [0.1, 0.15) is 0 Å². The molecule has 0 radical (unpaired) electrons. The Morgan fingerprint density at radius 2 is 1.83 bits per heavy atom. The minimum absolute atomic E-state index is 0.538. The summed E-state index contributed by atoms with van der Waals surface area (Å²) in [5.74, 6) is 0.993. The predicted octanol–water partition coefficient (Wildman–Crippen LogP) is 2.27. The lowest BCUT2D eigenvalue weighted by atomic mass is 9.93. The van der Waals surface area contributed by atoms with Crippen LogP contribution in [0.3, 0.4) is 0 Å². The van der Waals surface area contributed by atoms with Crippen LogP contribution in [0.4, 0.5) is 0 Å². The molecule has 1 N–H and O–H groups in total. The number of piperidine rings is 2. The minimum atomic E-state index is 0.538. The summed E-state index contributed by atoms with van der Waals surface area (Å²) in [6.07, 6.45) is 8.63. The van der Waals surface area contributed by atoms with Crippen molar-refractivity contribution in [2.75, 3.05) is 39.3 Å². The van der Waals surface area contributed by atoms with Crippen LogP contribution in [0.15, 0.2) is 0 Å². The van der Waals surface area contributed by atoms with E-state index in [-0.39, 0.29) is 0 Å². The SMILES string of the molecule is CCOC1CCN(CCCC2CCNCC2)CC1. The summed E-state index contributed by atoms with van der Waals surface area (Å²) in [7, 11) is 0. The topological polar surface area (TPSA) is 24.5 Å². The minimum Gasteiger partial charge on any atom is -0.378 e. The predicted molar refractivity (Wildman–Crippen MR) is 75.9 cm³/mol. The van der Waals surface area contributed by atoms with Crippen LogP contribution in [0.25, 0.3) is 0 Å². The number of likely N-dealkylation sites (tertiary alicyclic amines) is 1. The highest BCUT2D eigenvalue weighted by molar-refractivity contribution is 4.74. The van der Waals surface area contributed by atoms with Crippen molar-refractivity contribution >= 4 is 0 Å². The van der Waals surface area contributed by atoms with Crippen LogP contribution in [0.1, 0.15) is 45.4 Å². The number of hydrogen-bond acceptors (Lipinski definition) is 3. The molecule has 2 saturated heterocycles. The lowest BCUT2D eigenvalue weighted by Gasteiger charge is -2.32. The van der Waals surface area contributed by atoms with E-state index in [4.69, 9.17) is 4.74 Å². The Hall–Kier alpha value is -0.120. The van der Waals surface area contributed by atoms with E-state index in [0.29, 0.717) is 6.10 Å². The maximum atomic E-state index is 5.70. The highest BCUT2D eigenvalue weighted by Gasteiger charge is 2.19. The summed E-state index contributed by atoms with van der Waals surface area (Å²) < 4.78 is 5.70. The summed E-state index contributed by atoms with van der Waals surface area (Å²) in [5.41, 5.74) is 0. The van der Waals surface area contributed by atoms with Gasteiger partial charge in [0, 0.05) is 19.7 Å². The first-order chi connectivity index (χ1) is 8.88. The molecule has 3 heteroatoms. The van der Waals surface area contributed by atoms with E-state index in [1.807, 2.05) is 0 Å². The number of nitrogens with zero attached hydrogens (tertiary/aromatic N) is 1. The monoisotopic (exact) mass is 254 g/mol. The van der Waals surface area contributed by atoms with Crippen LogP contribution in [0.2, 0.25) is 0 Å². The third-order valence-corrected chi connectivity index (χ3v) is 4.48. The molecule has 2 aliphatic heterocycles. The van der Waals surface area contributed by atoms with Crippen molar-refractivity contribution in [3.05, 3.63) is 0 Å². The van der Waals surface area contributed by atoms with Crippen molar-refractivity contribution in [3.63, 3.8) is 0 Å². The molecule has 2 aliphatic rings. The molecule has 2 fully saturated rings. The fourth-order valence-corrected chi connectivity index (χ4v) is 3.31. The standard InChI is InChI=1S/C15H30N2O/c1-2-18-15-7-12-17(13-8-15)11-3-4-14-5-9-16-10-6-14/h14-16H,2-13H2,1H3. The second-order valence-electron chi connectivity index (χ2n) is 5.83. The molecule has 0 bridgehead atoms. The maximum Gasteiger partial charge on any atom is 0.0599 e. The largest absolute Gasteiger partial charge is 0.378 e. The van der Waals surface area contributed by atoms with Crippen molar-refractivity contribution in [1.82, 2.24) is 10.2 Å². The van der Waals surface area contributed by atoms with E-state index in [2.05, 4.69) is 17.1 Å². The van der Waals surface area contributed by atoms with Crippen molar-refractivity contribution in [2.24, 2.45) is 5.92 Å². The Morgan fingerprint density at radius 1 is 1.11 bits per heavy atom. The van der Waals surface area contributed by atoms with Crippen LogP contribution >= 0.6 is 0 Å². The van der Waals surface area contributed by atoms with Crippen molar-refractivity contribution in [1.29, 1.82) is 0 Å². The molecule has 2 heterocycles. The van der Waals surface area contributed by atoms with Crippen molar-refractivity contribution in [3.8, 4) is 0 Å². The van der Waals surface area contributed by atoms with Crippen molar-refractivity contribution in [2.45, 2.75) is 51.6 Å². The first-order valence-electron chi connectivity index (χ1n) is 7.93. The Labute approximate surface area is 112 Å². The molecule has 0 atom stereocenters. The van der Waals surface area contributed by atoms with Gasteiger partial charge in [-0.2, -0.15) is 0 Å². The molecular formula is C15H30N2O. The van der Waals surface area contributed by atoms with E-state index >= 15 is 0 Å². The Balaban J connectivity index is 1.52. The molecule has 0 saturated carbocycles. The van der Waals surface area contributed by atoms with E-state index < -0.39 is 0 Å². The fraction of sp³-hybridized carbons (Fsp3) is 1.00. The summed E-state index contributed by atoms with van der Waals surface area (Å²) >= 11 is 0. The molecule has 3 nitrogen and oxygen atoms in total. The van der Waals surface area contributed by atoms with Crippen LogP contribution < -0.4 is 5.32 Å². The number of hydrogen-bond donors (Lipinski definition) is 1. The van der Waals surface area contributed by atoms with Gasteiger partial charge in [0.15, 0.2) is 0 Å². The molecule has 0 aromatic carbocycles. The van der Waals surface area contributed by atoms with Gasteiger partial charge in [-0.25, -0.2) is 0 Å². The molecular weight excluding hydrogens is 224 g/mol. The molecule has 0 aliphatic carbocycles. The highest BCUT2D eigenvalue weighted by atomic mass is 16.5. The number of rotatable bonds is 6. The molecule has 106 valence electrons. The summed E-state index contributed by atoms with van der Waals surface area (Å²) in [6.45, 7) is 9.26. The molecule has 18 heavy (non-hydrogen) atoms. The van der Waals surface area contributed by atoms with Gasteiger partial charge in [0.05, 0.1) is 6.10 Å². The molecule has 0 aromatic rings. The lowest BCUT2D eigenvalue weighted by Crippen LogP contribution is -2.37. The van der Waals surface area contributed by atoms with Gasteiger partial charge in [0.25, 0.3) is 0 Å². The molecule has 0 amide bonds. The highest BCUT2D eigenvalue weighted by Crippen LogP contribution is 2.19. The van der Waals surface area contributed by atoms with Gasteiger partial charge in [-0.3, -0.25) is 0 Å². The average molecular weight is 254 g/mol. The first-order valence-corrected chi connectivity index (χ1v) is 7.93. The number of nitrogens with one attached hydrogen (secondary N) is 1. The van der Waals surface area contributed by atoms with E-state index in [0.717, 1.165) is 12.5 Å². The lowest BCUT2D eigenvalue weighted by molar-refractivity contribution is 0.0137. The zero-order valence-corrected chi connectivity index (χ0v) is 12.0.